The van der Waals surface area contributed by atoms with Gasteiger partial charge in [0.2, 0.25) is 16.0 Å². The predicted octanol–water partition coefficient (Wildman–Crippen LogP) is -2.42. The molecule has 3 rings (SSSR count). The van der Waals surface area contributed by atoms with E-state index >= 15 is 0 Å². The van der Waals surface area contributed by atoms with E-state index in [1.807, 2.05) is 10.1 Å². The molecule has 0 saturated heterocycles. The van der Waals surface area contributed by atoms with E-state index in [4.69, 9.17) is 22.4 Å². The average Bonchev–Trinajstić information content (AvgIpc) is 3.21. The number of nitrogens with one attached hydrogen (secondary N) is 1. The number of hydrazine groups is 1. The van der Waals surface area contributed by atoms with E-state index in [0.717, 1.165) is 13.0 Å². The Kier molecular flexibility index (Phi) is 7.05. The first-order valence-electron chi connectivity index (χ1n) is 9.23. The van der Waals surface area contributed by atoms with Crippen molar-refractivity contribution >= 4 is 38.7 Å². The number of sulfonamides is 1. The second kappa shape index (κ2) is 9.39. The summed E-state index contributed by atoms with van der Waals surface area (Å²) in [7, 11) is -4.43. The number of hydrogen-bond donors (Lipinski definition) is 6. The van der Waals surface area contributed by atoms with Gasteiger partial charge in [0.25, 0.3) is 0 Å². The van der Waals surface area contributed by atoms with Crippen molar-refractivity contribution in [2.75, 3.05) is 23.7 Å². The first-order valence-corrected chi connectivity index (χ1v) is 12.1. The van der Waals surface area contributed by atoms with Crippen molar-refractivity contribution in [2.24, 2.45) is 27.6 Å². The fraction of sp³-hybridized carbons (Fsp3) is 0.375. The van der Waals surface area contributed by atoms with E-state index in [9.17, 15) is 18.1 Å². The number of imidazole rings is 1. The van der Waals surface area contributed by atoms with Gasteiger partial charge in [0.1, 0.15) is 16.8 Å². The van der Waals surface area contributed by atoms with Gasteiger partial charge in [0.05, 0.1) is 11.3 Å². The van der Waals surface area contributed by atoms with Crippen LogP contribution < -0.4 is 32.9 Å². The highest BCUT2D eigenvalue weighted by Gasteiger charge is 2.34. The SMILES string of the molecule is NCC(O)C[S+]([O-])c1ccc(N2CCCn3ccnc32)c(/C(N)=N/NN)c1S(N)(=O)=O. The van der Waals surface area contributed by atoms with Crippen LogP contribution in [0.1, 0.15) is 12.0 Å². The molecule has 2 heterocycles. The van der Waals surface area contributed by atoms with Gasteiger partial charge in [-0.1, -0.05) is 0 Å². The van der Waals surface area contributed by atoms with Crippen LogP contribution in [0.3, 0.4) is 0 Å². The van der Waals surface area contributed by atoms with Crippen LogP contribution in [0.2, 0.25) is 0 Å². The highest BCUT2D eigenvalue weighted by Crippen LogP contribution is 2.37. The Balaban J connectivity index is 2.28. The first-order chi connectivity index (χ1) is 14.7. The molecule has 0 amide bonds. The molecule has 1 aromatic heterocycles. The lowest BCUT2D eigenvalue weighted by Crippen LogP contribution is -2.34. The number of rotatable bonds is 8. The maximum Gasteiger partial charge on any atom is 0.243 e. The minimum atomic E-state index is -4.43. The quantitative estimate of drug-likeness (QED) is 0.0784. The van der Waals surface area contributed by atoms with Crippen molar-refractivity contribution in [3.05, 3.63) is 30.1 Å². The number of aliphatic hydroxyl groups is 1. The lowest BCUT2D eigenvalue weighted by Gasteiger charge is -2.31. The molecule has 170 valence electrons. The molecule has 31 heavy (non-hydrogen) atoms. The van der Waals surface area contributed by atoms with E-state index in [2.05, 4.69) is 10.1 Å². The summed E-state index contributed by atoms with van der Waals surface area (Å²) in [5.41, 5.74) is 13.8. The molecular formula is C16H25N9O4S2. The minimum Gasteiger partial charge on any atom is -0.611 e. The van der Waals surface area contributed by atoms with Gasteiger partial charge in [-0.05, 0) is 29.7 Å². The summed E-state index contributed by atoms with van der Waals surface area (Å²) in [5, 5.41) is 19.0. The second-order valence-electron chi connectivity index (χ2n) is 6.79. The molecule has 2 unspecified atom stereocenters. The van der Waals surface area contributed by atoms with Crippen LogP contribution in [0, 0.1) is 0 Å². The summed E-state index contributed by atoms with van der Waals surface area (Å²) < 4.78 is 40.0. The lowest BCUT2D eigenvalue weighted by molar-refractivity contribution is 0.205. The number of aromatic nitrogens is 2. The Labute approximate surface area is 182 Å². The van der Waals surface area contributed by atoms with Crippen LogP contribution in [0.5, 0.6) is 0 Å². The van der Waals surface area contributed by atoms with Crippen molar-refractivity contribution in [3.8, 4) is 0 Å². The molecule has 2 aromatic rings. The van der Waals surface area contributed by atoms with Crippen LogP contribution in [0.4, 0.5) is 11.6 Å². The highest BCUT2D eigenvalue weighted by atomic mass is 32.2. The summed E-state index contributed by atoms with van der Waals surface area (Å²) in [5.74, 6) is 5.28. The van der Waals surface area contributed by atoms with Crippen molar-refractivity contribution in [1.29, 1.82) is 0 Å². The fourth-order valence-corrected chi connectivity index (χ4v) is 6.06. The third kappa shape index (κ3) is 4.77. The smallest absolute Gasteiger partial charge is 0.243 e. The van der Waals surface area contributed by atoms with Crippen LogP contribution >= 0.6 is 0 Å². The van der Waals surface area contributed by atoms with Crippen molar-refractivity contribution < 1.29 is 18.1 Å². The zero-order valence-corrected chi connectivity index (χ0v) is 18.1. The molecule has 13 nitrogen and oxygen atoms in total. The van der Waals surface area contributed by atoms with E-state index in [1.165, 1.54) is 6.07 Å². The van der Waals surface area contributed by atoms with Crippen LogP contribution in [0.15, 0.2) is 39.4 Å². The van der Waals surface area contributed by atoms with Crippen molar-refractivity contribution in [2.45, 2.75) is 28.9 Å². The monoisotopic (exact) mass is 471 g/mol. The molecule has 10 N–H and O–H groups in total. The molecule has 1 aliphatic rings. The van der Waals surface area contributed by atoms with Gasteiger partial charge < -0.3 is 30.6 Å². The first kappa shape index (κ1) is 23.3. The minimum absolute atomic E-state index is 0.0648. The van der Waals surface area contributed by atoms with Gasteiger partial charge in [0.15, 0.2) is 10.7 Å². The van der Waals surface area contributed by atoms with E-state index < -0.39 is 32.2 Å². The zero-order valence-electron chi connectivity index (χ0n) is 16.5. The zero-order chi connectivity index (χ0) is 22.8. The number of nitrogens with two attached hydrogens (primary N) is 4. The van der Waals surface area contributed by atoms with Gasteiger partial charge in [-0.15, -0.1) is 5.10 Å². The maximum absolute atomic E-state index is 12.9. The number of hydrazone groups is 1. The highest BCUT2D eigenvalue weighted by molar-refractivity contribution is 7.93. The Morgan fingerprint density at radius 1 is 1.42 bits per heavy atom. The summed E-state index contributed by atoms with van der Waals surface area (Å²) in [4.78, 5) is 5.53. The maximum atomic E-state index is 12.9. The molecule has 2 atom stereocenters. The summed E-state index contributed by atoms with van der Waals surface area (Å²) in [6, 6.07) is 2.94. The Hall–Kier alpha value is -2.40. The summed E-state index contributed by atoms with van der Waals surface area (Å²) >= 11 is -1.94. The average molecular weight is 472 g/mol. The molecule has 0 aliphatic carbocycles. The number of fused-ring (bicyclic) bond motifs is 1. The van der Waals surface area contributed by atoms with Gasteiger partial charge in [-0.25, -0.2) is 29.9 Å². The Morgan fingerprint density at radius 2 is 2.16 bits per heavy atom. The van der Waals surface area contributed by atoms with Gasteiger partial charge in [0, 0.05) is 32.0 Å². The molecule has 0 saturated carbocycles. The number of aliphatic hydroxyl groups excluding tert-OH is 1. The lowest BCUT2D eigenvalue weighted by atomic mass is 10.1. The second-order valence-corrected chi connectivity index (χ2v) is 9.75. The fourth-order valence-electron chi connectivity index (χ4n) is 3.39. The predicted molar refractivity (Wildman–Crippen MR) is 116 cm³/mol. The van der Waals surface area contributed by atoms with Gasteiger partial charge in [-0.2, -0.15) is 0 Å². The number of anilines is 2. The molecular weight excluding hydrogens is 446 g/mol. The van der Waals surface area contributed by atoms with Crippen molar-refractivity contribution in [1.82, 2.24) is 15.1 Å². The number of aryl methyl sites for hydroxylation is 1. The van der Waals surface area contributed by atoms with Crippen molar-refractivity contribution in [3.63, 3.8) is 0 Å². The van der Waals surface area contributed by atoms with E-state index in [-0.39, 0.29) is 28.6 Å². The van der Waals surface area contributed by atoms with E-state index in [1.54, 1.807) is 23.4 Å². The largest absolute Gasteiger partial charge is 0.611 e. The van der Waals surface area contributed by atoms with Gasteiger partial charge >= 0.3 is 0 Å². The van der Waals surface area contributed by atoms with Crippen LogP contribution in [-0.4, -0.2) is 58.4 Å². The molecule has 15 heteroatoms. The Morgan fingerprint density at radius 3 is 2.81 bits per heavy atom. The number of hydrogen-bond acceptors (Lipinski definition) is 10. The third-order valence-electron chi connectivity index (χ3n) is 4.69. The number of nitrogens with zero attached hydrogens (tertiary/aromatic N) is 4. The number of benzene rings is 1. The normalized spacial score (nSPS) is 16.7. The van der Waals surface area contributed by atoms with Crippen LogP contribution in [0.25, 0.3) is 0 Å². The molecule has 0 fully saturated rings. The Bertz CT molecular complexity index is 1070. The summed E-state index contributed by atoms with van der Waals surface area (Å²) in [6.45, 7) is 1.13. The summed E-state index contributed by atoms with van der Waals surface area (Å²) in [6.07, 6.45) is 3.10. The number of primary sulfonamides is 1. The topological polar surface area (TPSA) is 227 Å². The van der Waals surface area contributed by atoms with Crippen LogP contribution in [-0.2, 0) is 27.7 Å². The molecule has 0 radical (unpaired) electrons. The third-order valence-corrected chi connectivity index (χ3v) is 7.33. The number of amidine groups is 1. The standard InChI is InChI=1S/C16H25N9O4S2/c17-8-10(26)9-30(27)12-3-2-11(25-6-1-5-24-7-4-21-16(24)25)13(15(18)22-23-19)14(12)31(20,28)29/h2-4,7,10,23,26H,1,5-6,8-9,17,19H2,(H2,18,22)(H2,20,28,29). The molecule has 1 aromatic carbocycles. The van der Waals surface area contributed by atoms with E-state index in [0.29, 0.717) is 18.2 Å². The van der Waals surface area contributed by atoms with Gasteiger partial charge in [-0.3, -0.25) is 0 Å². The molecule has 1 aliphatic heterocycles. The molecule has 0 bridgehead atoms. The molecule has 0 spiro atoms.